The van der Waals surface area contributed by atoms with E-state index in [9.17, 15) is 13.2 Å². The van der Waals surface area contributed by atoms with Gasteiger partial charge in [0, 0.05) is 6.42 Å². The number of hydrogen-bond acceptors (Lipinski definition) is 3. The monoisotopic (exact) mass is 379 g/mol. The summed E-state index contributed by atoms with van der Waals surface area (Å²) in [5.41, 5.74) is 2.29. The van der Waals surface area contributed by atoms with Crippen molar-refractivity contribution in [1.29, 1.82) is 0 Å². The van der Waals surface area contributed by atoms with Gasteiger partial charge in [0.2, 0.25) is 5.91 Å². The molecule has 27 heavy (non-hydrogen) atoms. The molecule has 0 bridgehead atoms. The van der Waals surface area contributed by atoms with Crippen LogP contribution in [-0.4, -0.2) is 14.3 Å². The second kappa shape index (κ2) is 8.18. The van der Waals surface area contributed by atoms with Crippen LogP contribution in [0.3, 0.4) is 0 Å². The molecule has 0 aliphatic carbocycles. The summed E-state index contributed by atoms with van der Waals surface area (Å²) in [6.45, 7) is 1.89. The number of carbonyl (C=O) groups excluding carboxylic acids is 1. The first-order valence-corrected chi connectivity index (χ1v) is 10.2. The molecule has 3 aromatic carbocycles. The van der Waals surface area contributed by atoms with E-state index in [0.717, 1.165) is 15.4 Å². The molecule has 0 saturated heterocycles. The topological polar surface area (TPSA) is 54.5 Å². The third-order valence-corrected chi connectivity index (χ3v) is 6.01. The highest BCUT2D eigenvalue weighted by atomic mass is 32.2. The van der Waals surface area contributed by atoms with E-state index in [4.69, 9.17) is 0 Å². The van der Waals surface area contributed by atoms with Crippen LogP contribution in [-0.2, 0) is 21.2 Å². The summed E-state index contributed by atoms with van der Waals surface area (Å²) >= 11 is 0. The minimum absolute atomic E-state index is 0.101. The van der Waals surface area contributed by atoms with Gasteiger partial charge in [-0.2, -0.15) is 0 Å². The number of nitrogens with zero attached hydrogens (tertiary/aromatic N) is 1. The zero-order chi connectivity index (χ0) is 19.3. The van der Waals surface area contributed by atoms with Crippen molar-refractivity contribution in [2.75, 3.05) is 4.31 Å². The third kappa shape index (κ3) is 4.44. The quantitative estimate of drug-likeness (QED) is 0.640. The molecule has 0 unspecified atom stereocenters. The Labute approximate surface area is 160 Å². The fourth-order valence-corrected chi connectivity index (χ4v) is 4.24. The van der Waals surface area contributed by atoms with E-state index in [0.29, 0.717) is 12.1 Å². The van der Waals surface area contributed by atoms with Crippen molar-refractivity contribution in [2.45, 2.75) is 24.7 Å². The SMILES string of the molecule is Cc1ccc(S(=O)(=O)N(C(=O)CCc2ccccc2)c2ccccc2)cc1. The van der Waals surface area contributed by atoms with Gasteiger partial charge in [0.1, 0.15) is 0 Å². The van der Waals surface area contributed by atoms with E-state index in [2.05, 4.69) is 0 Å². The highest BCUT2D eigenvalue weighted by Gasteiger charge is 2.30. The summed E-state index contributed by atoms with van der Waals surface area (Å²) in [5.74, 6) is -0.453. The Morgan fingerprint density at radius 2 is 1.37 bits per heavy atom. The number of para-hydroxylation sites is 1. The summed E-state index contributed by atoms with van der Waals surface area (Å²) in [6, 6.07) is 24.6. The molecule has 138 valence electrons. The number of benzene rings is 3. The minimum atomic E-state index is -3.99. The Morgan fingerprint density at radius 3 is 1.96 bits per heavy atom. The molecule has 1 amide bonds. The first-order chi connectivity index (χ1) is 13.0. The molecule has 5 heteroatoms. The number of carbonyl (C=O) groups is 1. The van der Waals surface area contributed by atoms with Crippen LogP contribution in [0, 0.1) is 6.92 Å². The lowest BCUT2D eigenvalue weighted by Crippen LogP contribution is -2.37. The van der Waals surface area contributed by atoms with Gasteiger partial charge in [-0.15, -0.1) is 0 Å². The summed E-state index contributed by atoms with van der Waals surface area (Å²) in [4.78, 5) is 13.1. The largest absolute Gasteiger partial charge is 0.273 e. The summed E-state index contributed by atoms with van der Waals surface area (Å²) < 4.78 is 27.3. The lowest BCUT2D eigenvalue weighted by atomic mass is 10.1. The first-order valence-electron chi connectivity index (χ1n) is 8.72. The zero-order valence-corrected chi connectivity index (χ0v) is 15.9. The Hall–Kier alpha value is -2.92. The van der Waals surface area contributed by atoms with Crippen LogP contribution in [0.2, 0.25) is 0 Å². The van der Waals surface area contributed by atoms with E-state index in [1.807, 2.05) is 37.3 Å². The van der Waals surface area contributed by atoms with Crippen LogP contribution in [0.1, 0.15) is 17.5 Å². The molecule has 0 radical (unpaired) electrons. The summed E-state index contributed by atoms with van der Waals surface area (Å²) in [7, 11) is -3.99. The average molecular weight is 379 g/mol. The van der Waals surface area contributed by atoms with Gasteiger partial charge in [-0.1, -0.05) is 66.2 Å². The Balaban J connectivity index is 1.94. The Morgan fingerprint density at radius 1 is 0.815 bits per heavy atom. The molecule has 0 saturated carbocycles. The minimum Gasteiger partial charge on any atom is -0.273 e. The molecule has 0 aliphatic rings. The lowest BCUT2D eigenvalue weighted by molar-refractivity contribution is -0.117. The van der Waals surface area contributed by atoms with Gasteiger partial charge in [0.25, 0.3) is 10.0 Å². The van der Waals surface area contributed by atoms with E-state index in [-0.39, 0.29) is 11.3 Å². The number of amides is 1. The van der Waals surface area contributed by atoms with Gasteiger partial charge < -0.3 is 0 Å². The molecule has 0 aliphatic heterocycles. The predicted octanol–water partition coefficient (Wildman–Crippen LogP) is 4.35. The smallest absolute Gasteiger partial charge is 0.270 e. The van der Waals surface area contributed by atoms with Crippen LogP contribution in [0.15, 0.2) is 89.8 Å². The second-order valence-corrected chi connectivity index (χ2v) is 8.08. The molecule has 4 nitrogen and oxygen atoms in total. The standard InChI is InChI=1S/C22H21NO3S/c1-18-12-15-21(16-13-18)27(25,26)23(20-10-6-3-7-11-20)22(24)17-14-19-8-4-2-5-9-19/h2-13,15-16H,14,17H2,1H3. The highest BCUT2D eigenvalue weighted by Crippen LogP contribution is 2.25. The fraction of sp³-hybridized carbons (Fsp3) is 0.136. The van der Waals surface area contributed by atoms with Crippen molar-refractivity contribution in [3.63, 3.8) is 0 Å². The van der Waals surface area contributed by atoms with Gasteiger partial charge in [0.15, 0.2) is 0 Å². The molecular weight excluding hydrogens is 358 g/mol. The number of sulfonamides is 1. The van der Waals surface area contributed by atoms with E-state index in [1.165, 1.54) is 12.1 Å². The molecule has 0 atom stereocenters. The molecule has 3 rings (SSSR count). The highest BCUT2D eigenvalue weighted by molar-refractivity contribution is 7.93. The van der Waals surface area contributed by atoms with Gasteiger partial charge >= 0.3 is 0 Å². The van der Waals surface area contributed by atoms with Gasteiger partial charge in [-0.25, -0.2) is 12.7 Å². The summed E-state index contributed by atoms with van der Waals surface area (Å²) in [6.07, 6.45) is 0.580. The van der Waals surface area contributed by atoms with Crippen LogP contribution >= 0.6 is 0 Å². The molecule has 3 aromatic rings. The fourth-order valence-electron chi connectivity index (χ4n) is 2.79. The van der Waals surface area contributed by atoms with E-state index < -0.39 is 15.9 Å². The normalized spacial score (nSPS) is 11.1. The number of rotatable bonds is 6. The number of aryl methyl sites for hydroxylation is 2. The van der Waals surface area contributed by atoms with Crippen molar-refractivity contribution in [2.24, 2.45) is 0 Å². The number of anilines is 1. The van der Waals surface area contributed by atoms with Crippen LogP contribution < -0.4 is 4.31 Å². The Kier molecular flexibility index (Phi) is 5.72. The van der Waals surface area contributed by atoms with Crippen molar-refractivity contribution in [3.8, 4) is 0 Å². The molecule has 0 heterocycles. The lowest BCUT2D eigenvalue weighted by Gasteiger charge is -2.23. The van der Waals surface area contributed by atoms with Crippen LogP contribution in [0.25, 0.3) is 0 Å². The van der Waals surface area contributed by atoms with Crippen LogP contribution in [0.5, 0.6) is 0 Å². The van der Waals surface area contributed by atoms with Gasteiger partial charge in [0.05, 0.1) is 10.6 Å². The van der Waals surface area contributed by atoms with Crippen molar-refractivity contribution in [1.82, 2.24) is 0 Å². The molecular formula is C22H21NO3S. The maximum Gasteiger partial charge on any atom is 0.270 e. The Bertz CT molecular complexity index is 998. The molecule has 0 aromatic heterocycles. The average Bonchev–Trinajstić information content (AvgIpc) is 2.68. The maximum atomic E-state index is 13.2. The summed E-state index contributed by atoms with van der Waals surface area (Å²) in [5, 5.41) is 0. The van der Waals surface area contributed by atoms with Crippen molar-refractivity contribution >= 4 is 21.6 Å². The molecule has 0 fully saturated rings. The molecule has 0 spiro atoms. The number of hydrogen-bond donors (Lipinski definition) is 0. The zero-order valence-electron chi connectivity index (χ0n) is 15.1. The van der Waals surface area contributed by atoms with Gasteiger partial charge in [-0.05, 0) is 43.2 Å². The molecule has 0 N–H and O–H groups in total. The van der Waals surface area contributed by atoms with Crippen molar-refractivity contribution < 1.29 is 13.2 Å². The van der Waals surface area contributed by atoms with E-state index in [1.54, 1.807) is 42.5 Å². The maximum absolute atomic E-state index is 13.2. The second-order valence-electron chi connectivity index (χ2n) is 6.30. The predicted molar refractivity (Wildman–Crippen MR) is 107 cm³/mol. The van der Waals surface area contributed by atoms with Gasteiger partial charge in [-0.3, -0.25) is 4.79 Å². The third-order valence-electron chi connectivity index (χ3n) is 4.25. The first kappa shape index (κ1) is 18.9. The van der Waals surface area contributed by atoms with Crippen LogP contribution in [0.4, 0.5) is 5.69 Å². The van der Waals surface area contributed by atoms with E-state index >= 15 is 0 Å². The van der Waals surface area contributed by atoms with Crippen molar-refractivity contribution in [3.05, 3.63) is 96.1 Å².